The lowest BCUT2D eigenvalue weighted by Crippen LogP contribution is -2.17. The van der Waals surface area contributed by atoms with Crippen LogP contribution < -0.4 is 10.5 Å². The second kappa shape index (κ2) is 3.73. The summed E-state index contributed by atoms with van der Waals surface area (Å²) in [5, 5.41) is 6.86. The van der Waals surface area contributed by atoms with Gasteiger partial charge in [-0.3, -0.25) is 0 Å². The van der Waals surface area contributed by atoms with Crippen LogP contribution in [0, 0.1) is 6.92 Å². The largest absolute Gasteiger partial charge is 0.408 e. The summed E-state index contributed by atoms with van der Waals surface area (Å²) in [6, 6.07) is -0.219. The highest BCUT2D eigenvalue weighted by atomic mass is 32.2. The first kappa shape index (κ1) is 11.4. The number of rotatable bonds is 3. The Labute approximate surface area is 96.7 Å². The van der Waals surface area contributed by atoms with Crippen molar-refractivity contribution in [3.05, 3.63) is 12.2 Å². The number of nitrogens with one attached hydrogen (secondary N) is 1. The highest BCUT2D eigenvalue weighted by Gasteiger charge is 2.24. The van der Waals surface area contributed by atoms with Gasteiger partial charge in [-0.1, -0.05) is 5.10 Å². The van der Waals surface area contributed by atoms with E-state index in [0.717, 1.165) is 0 Å². The zero-order chi connectivity index (χ0) is 12.6. The van der Waals surface area contributed by atoms with Crippen LogP contribution in [0.4, 0.5) is 11.8 Å². The number of nitrogen functional groups attached to an aromatic ring is 1. The highest BCUT2D eigenvalue weighted by molar-refractivity contribution is 7.92. The molecule has 2 heterocycles. The lowest BCUT2D eigenvalue weighted by molar-refractivity contribution is 0.533. The quantitative estimate of drug-likeness (QED) is 0.758. The Balaban J connectivity index is 2.38. The van der Waals surface area contributed by atoms with Gasteiger partial charge in [-0.05, 0) is 0 Å². The lowest BCUT2D eigenvalue weighted by atomic mass is 10.8. The minimum Gasteiger partial charge on any atom is -0.408 e. The van der Waals surface area contributed by atoms with Gasteiger partial charge in [-0.15, -0.1) is 5.10 Å². The number of aromatic nitrogens is 4. The van der Waals surface area contributed by atoms with Gasteiger partial charge in [0.2, 0.25) is 5.89 Å². The van der Waals surface area contributed by atoms with Crippen LogP contribution in [0.3, 0.4) is 0 Å². The molecule has 0 aromatic carbocycles. The van der Waals surface area contributed by atoms with Crippen LogP contribution in [0.5, 0.6) is 0 Å². The molecule has 92 valence electrons. The molecule has 2 aromatic rings. The lowest BCUT2D eigenvalue weighted by Gasteiger charge is -2.04. The second-order valence-corrected chi connectivity index (χ2v) is 4.88. The molecule has 17 heavy (non-hydrogen) atoms. The molecular weight excluding hydrogens is 248 g/mol. The Morgan fingerprint density at radius 3 is 2.65 bits per heavy atom. The second-order valence-electron chi connectivity index (χ2n) is 3.28. The standard InChI is InChI=1S/C7H10N6O3S/c1-4-10-11-7(16-4)12-17(14,15)6-5(8)9-3-13(6)2/h3H,8H2,1-2H3,(H,11,12). The van der Waals surface area contributed by atoms with Gasteiger partial charge in [0.05, 0.1) is 6.33 Å². The molecule has 10 heteroatoms. The van der Waals surface area contributed by atoms with E-state index in [1.807, 2.05) is 0 Å². The summed E-state index contributed by atoms with van der Waals surface area (Å²) < 4.78 is 32.2. The monoisotopic (exact) mass is 258 g/mol. The number of hydrogen-bond donors (Lipinski definition) is 2. The Morgan fingerprint density at radius 1 is 1.47 bits per heavy atom. The predicted molar refractivity (Wildman–Crippen MR) is 57.5 cm³/mol. The maximum Gasteiger partial charge on any atom is 0.329 e. The van der Waals surface area contributed by atoms with Crippen molar-refractivity contribution in [2.75, 3.05) is 10.5 Å². The zero-order valence-electron chi connectivity index (χ0n) is 9.08. The smallest absolute Gasteiger partial charge is 0.329 e. The molecule has 0 radical (unpaired) electrons. The van der Waals surface area contributed by atoms with Crippen LogP contribution in [0.15, 0.2) is 15.8 Å². The molecule has 0 amide bonds. The number of sulfonamides is 1. The molecule has 0 unspecified atom stereocenters. The van der Waals surface area contributed by atoms with E-state index >= 15 is 0 Å². The fraction of sp³-hybridized carbons (Fsp3) is 0.286. The van der Waals surface area contributed by atoms with E-state index in [1.54, 1.807) is 6.92 Å². The summed E-state index contributed by atoms with van der Waals surface area (Å²) in [5.74, 6) is 0.150. The third kappa shape index (κ3) is 2.06. The predicted octanol–water partition coefficient (Wildman–Crippen LogP) is -0.505. The first-order valence-electron chi connectivity index (χ1n) is 4.50. The van der Waals surface area contributed by atoms with Crippen molar-refractivity contribution in [1.82, 2.24) is 19.7 Å². The van der Waals surface area contributed by atoms with E-state index in [-0.39, 0.29) is 22.7 Å². The third-order valence-corrected chi connectivity index (χ3v) is 3.36. The van der Waals surface area contributed by atoms with Crippen LogP contribution in [0.1, 0.15) is 5.89 Å². The van der Waals surface area contributed by atoms with E-state index in [0.29, 0.717) is 0 Å². The van der Waals surface area contributed by atoms with Gasteiger partial charge >= 0.3 is 6.01 Å². The van der Waals surface area contributed by atoms with Gasteiger partial charge in [0.25, 0.3) is 10.0 Å². The molecule has 2 aromatic heterocycles. The molecule has 0 aliphatic heterocycles. The molecule has 0 fully saturated rings. The van der Waals surface area contributed by atoms with Gasteiger partial charge in [0, 0.05) is 14.0 Å². The summed E-state index contributed by atoms with van der Waals surface area (Å²) >= 11 is 0. The number of nitrogens with zero attached hydrogens (tertiary/aromatic N) is 4. The summed E-state index contributed by atoms with van der Waals surface area (Å²) in [5.41, 5.74) is 5.47. The maximum absolute atomic E-state index is 11.9. The van der Waals surface area contributed by atoms with Gasteiger partial charge in [-0.25, -0.2) is 9.71 Å². The third-order valence-electron chi connectivity index (χ3n) is 1.91. The fourth-order valence-electron chi connectivity index (χ4n) is 1.27. The Morgan fingerprint density at radius 2 is 2.18 bits per heavy atom. The number of imidazole rings is 1. The van der Waals surface area contributed by atoms with Crippen LogP contribution in [-0.2, 0) is 17.1 Å². The molecular formula is C7H10N6O3S. The minimum absolute atomic E-state index is 0.101. The summed E-state index contributed by atoms with van der Waals surface area (Å²) in [6.45, 7) is 1.54. The van der Waals surface area contributed by atoms with Crippen molar-refractivity contribution >= 4 is 21.9 Å². The highest BCUT2D eigenvalue weighted by Crippen LogP contribution is 2.18. The first-order valence-corrected chi connectivity index (χ1v) is 5.98. The Bertz CT molecular complexity index is 623. The molecule has 0 aliphatic rings. The van der Waals surface area contributed by atoms with Crippen LogP contribution in [0.2, 0.25) is 0 Å². The summed E-state index contributed by atoms with van der Waals surface area (Å²) in [7, 11) is -2.38. The van der Waals surface area contributed by atoms with Crippen LogP contribution in [-0.4, -0.2) is 28.2 Å². The number of nitrogens with two attached hydrogens (primary N) is 1. The van der Waals surface area contributed by atoms with Crippen molar-refractivity contribution < 1.29 is 12.8 Å². The maximum atomic E-state index is 11.9. The topological polar surface area (TPSA) is 129 Å². The van der Waals surface area contributed by atoms with E-state index in [9.17, 15) is 8.42 Å². The van der Waals surface area contributed by atoms with E-state index in [4.69, 9.17) is 10.2 Å². The number of aryl methyl sites for hydroxylation is 2. The van der Waals surface area contributed by atoms with Crippen molar-refractivity contribution in [3.8, 4) is 0 Å². The van der Waals surface area contributed by atoms with E-state index < -0.39 is 10.0 Å². The van der Waals surface area contributed by atoms with Gasteiger partial charge in [0.15, 0.2) is 10.8 Å². The normalized spacial score (nSPS) is 11.6. The van der Waals surface area contributed by atoms with Crippen molar-refractivity contribution in [3.63, 3.8) is 0 Å². The van der Waals surface area contributed by atoms with Gasteiger partial charge < -0.3 is 14.7 Å². The number of anilines is 2. The fourth-order valence-corrected chi connectivity index (χ4v) is 2.43. The molecule has 0 aliphatic carbocycles. The molecule has 9 nitrogen and oxygen atoms in total. The summed E-state index contributed by atoms with van der Waals surface area (Å²) in [4.78, 5) is 3.68. The zero-order valence-corrected chi connectivity index (χ0v) is 9.89. The average Bonchev–Trinajstić information content (AvgIpc) is 2.73. The van der Waals surface area contributed by atoms with Crippen molar-refractivity contribution in [1.29, 1.82) is 0 Å². The number of hydrogen-bond acceptors (Lipinski definition) is 7. The van der Waals surface area contributed by atoms with Gasteiger partial charge in [-0.2, -0.15) is 8.42 Å². The molecule has 0 saturated carbocycles. The summed E-state index contributed by atoms with van der Waals surface area (Å²) in [6.07, 6.45) is 1.29. The SMILES string of the molecule is Cc1nnc(NS(=O)(=O)c2c(N)ncn2C)o1. The molecule has 0 bridgehead atoms. The molecule has 3 N–H and O–H groups in total. The Kier molecular flexibility index (Phi) is 2.50. The molecule has 0 atom stereocenters. The van der Waals surface area contributed by atoms with E-state index in [1.165, 1.54) is 17.9 Å². The molecule has 0 saturated heterocycles. The molecule has 2 rings (SSSR count). The first-order chi connectivity index (χ1) is 7.90. The molecule has 0 spiro atoms. The average molecular weight is 258 g/mol. The van der Waals surface area contributed by atoms with Crippen LogP contribution in [0.25, 0.3) is 0 Å². The van der Waals surface area contributed by atoms with Crippen LogP contribution >= 0.6 is 0 Å². The van der Waals surface area contributed by atoms with Crippen molar-refractivity contribution in [2.45, 2.75) is 11.9 Å². The van der Waals surface area contributed by atoms with Crippen molar-refractivity contribution in [2.24, 2.45) is 7.05 Å². The van der Waals surface area contributed by atoms with E-state index in [2.05, 4.69) is 19.9 Å². The minimum atomic E-state index is -3.89. The Hall–Kier alpha value is -2.10. The van der Waals surface area contributed by atoms with Gasteiger partial charge in [0.1, 0.15) is 0 Å².